The molecule has 4 aromatic rings. The third-order valence-corrected chi connectivity index (χ3v) is 6.27. The van der Waals surface area contributed by atoms with Gasteiger partial charge in [-0.05, 0) is 55.2 Å². The highest BCUT2D eigenvalue weighted by atomic mass is 16.5. The van der Waals surface area contributed by atoms with Gasteiger partial charge in [0.1, 0.15) is 16.9 Å². The van der Waals surface area contributed by atoms with Crippen LogP contribution in [-0.4, -0.2) is 33.3 Å². The number of carbonyl (C=O) groups excluding carboxylic acids is 1. The Labute approximate surface area is 198 Å². The van der Waals surface area contributed by atoms with E-state index in [1.165, 1.54) is 14.2 Å². The molecule has 34 heavy (non-hydrogen) atoms. The van der Waals surface area contributed by atoms with Crippen LogP contribution in [0.3, 0.4) is 0 Å². The molecule has 0 atom stereocenters. The first kappa shape index (κ1) is 23.4. The second-order valence-corrected chi connectivity index (χ2v) is 8.03. The number of hydrogen-bond donors (Lipinski definition) is 0. The molecular formula is C28H29NO5. The summed E-state index contributed by atoms with van der Waals surface area (Å²) in [6.45, 7) is 5.49. The Hall–Kier alpha value is -3.80. The molecule has 0 amide bonds. The van der Waals surface area contributed by atoms with Crippen LogP contribution in [0.2, 0.25) is 0 Å². The molecule has 0 radical (unpaired) electrons. The summed E-state index contributed by atoms with van der Waals surface area (Å²) in [5.74, 6) is 0.568. The Bertz CT molecular complexity index is 1400. The second-order valence-electron chi connectivity index (χ2n) is 8.03. The molecule has 6 nitrogen and oxygen atoms in total. The molecule has 0 aliphatic carbocycles. The van der Waals surface area contributed by atoms with Crippen molar-refractivity contribution in [1.82, 2.24) is 0 Å². The number of hydrogen-bond acceptors (Lipinski definition) is 6. The van der Waals surface area contributed by atoms with E-state index >= 15 is 0 Å². The lowest BCUT2D eigenvalue weighted by atomic mass is 9.97. The molecule has 0 unspecified atom stereocenters. The van der Waals surface area contributed by atoms with Crippen molar-refractivity contribution in [1.29, 1.82) is 0 Å². The lowest BCUT2D eigenvalue weighted by Gasteiger charge is -2.23. The van der Waals surface area contributed by atoms with E-state index in [1.807, 2.05) is 62.4 Å². The predicted molar refractivity (Wildman–Crippen MR) is 135 cm³/mol. The third-order valence-electron chi connectivity index (χ3n) is 6.27. The predicted octanol–water partition coefficient (Wildman–Crippen LogP) is 5.37. The van der Waals surface area contributed by atoms with Gasteiger partial charge in [0.25, 0.3) is 0 Å². The Balaban J connectivity index is 1.89. The first-order chi connectivity index (χ1) is 16.5. The number of methoxy groups -OCH3 is 2. The third kappa shape index (κ3) is 4.12. The number of rotatable bonds is 8. The van der Waals surface area contributed by atoms with Crippen LogP contribution in [0.5, 0.6) is 5.75 Å². The number of ether oxygens (including phenoxy) is 2. The average molecular weight is 460 g/mol. The minimum absolute atomic E-state index is 0.0394. The Morgan fingerprint density at radius 3 is 2.41 bits per heavy atom. The molecule has 1 heterocycles. The van der Waals surface area contributed by atoms with Crippen molar-refractivity contribution in [3.05, 3.63) is 81.5 Å². The van der Waals surface area contributed by atoms with Crippen LogP contribution in [-0.2, 0) is 17.6 Å². The Kier molecular flexibility index (Phi) is 6.87. The number of esters is 1. The second kappa shape index (κ2) is 10.00. The molecule has 0 aliphatic heterocycles. The lowest BCUT2D eigenvalue weighted by molar-refractivity contribution is 0.0595. The zero-order valence-corrected chi connectivity index (χ0v) is 20.0. The van der Waals surface area contributed by atoms with Gasteiger partial charge in [-0.2, -0.15) is 0 Å². The summed E-state index contributed by atoms with van der Waals surface area (Å²) in [4.78, 5) is 28.5. The van der Waals surface area contributed by atoms with E-state index in [0.717, 1.165) is 16.3 Å². The summed E-state index contributed by atoms with van der Waals surface area (Å²) in [6.07, 6.45) is 0.863. The highest BCUT2D eigenvalue weighted by Gasteiger charge is 2.22. The van der Waals surface area contributed by atoms with Gasteiger partial charge in [0.05, 0.1) is 25.2 Å². The fourth-order valence-corrected chi connectivity index (χ4v) is 4.52. The SMILES string of the molecule is CCN(CC)c1oc2ccc3ccccc3c2c(=O)c1CCc1cccc(OC)c1C(=O)OC. The van der Waals surface area contributed by atoms with Gasteiger partial charge in [0.15, 0.2) is 5.43 Å². The highest BCUT2D eigenvalue weighted by Crippen LogP contribution is 2.30. The van der Waals surface area contributed by atoms with Crippen molar-refractivity contribution in [2.45, 2.75) is 26.7 Å². The summed E-state index contributed by atoms with van der Waals surface area (Å²) in [5, 5.41) is 2.45. The Morgan fingerprint density at radius 2 is 1.71 bits per heavy atom. The molecule has 0 spiro atoms. The molecule has 1 aromatic heterocycles. The van der Waals surface area contributed by atoms with Gasteiger partial charge in [0.2, 0.25) is 5.88 Å². The lowest BCUT2D eigenvalue weighted by Crippen LogP contribution is -2.26. The van der Waals surface area contributed by atoms with Crippen LogP contribution in [0.15, 0.2) is 63.8 Å². The van der Waals surface area contributed by atoms with Gasteiger partial charge in [0, 0.05) is 13.1 Å². The number of benzene rings is 3. The van der Waals surface area contributed by atoms with E-state index in [2.05, 4.69) is 4.90 Å². The van der Waals surface area contributed by atoms with Crippen molar-refractivity contribution in [3.8, 4) is 5.75 Å². The average Bonchev–Trinajstić information content (AvgIpc) is 2.88. The maximum absolute atomic E-state index is 13.9. The van der Waals surface area contributed by atoms with Gasteiger partial charge >= 0.3 is 5.97 Å². The standard InChI is InChI=1S/C28H29NO5/c1-5-29(6-2)27-21(16-14-19-11-9-13-22(32-3)24(19)28(31)33-4)26(30)25-20-12-8-7-10-18(20)15-17-23(25)34-27/h7-13,15,17H,5-6,14,16H2,1-4H3. The quantitative estimate of drug-likeness (QED) is 0.261. The topological polar surface area (TPSA) is 69.0 Å². The summed E-state index contributed by atoms with van der Waals surface area (Å²) >= 11 is 0. The molecule has 4 rings (SSSR count). The summed E-state index contributed by atoms with van der Waals surface area (Å²) < 4.78 is 16.8. The van der Waals surface area contributed by atoms with E-state index in [-0.39, 0.29) is 5.43 Å². The van der Waals surface area contributed by atoms with Gasteiger partial charge < -0.3 is 18.8 Å². The number of fused-ring (bicyclic) bond motifs is 3. The van der Waals surface area contributed by atoms with Crippen LogP contribution >= 0.6 is 0 Å². The van der Waals surface area contributed by atoms with Crippen LogP contribution < -0.4 is 15.1 Å². The molecule has 3 aromatic carbocycles. The summed E-state index contributed by atoms with van der Waals surface area (Å²) in [7, 11) is 2.87. The van der Waals surface area contributed by atoms with Gasteiger partial charge in [-0.15, -0.1) is 0 Å². The number of nitrogens with zero attached hydrogens (tertiary/aromatic N) is 1. The summed E-state index contributed by atoms with van der Waals surface area (Å²) in [5.41, 5.74) is 2.28. The molecule has 0 aliphatic rings. The fraction of sp³-hybridized carbons (Fsp3) is 0.286. The van der Waals surface area contributed by atoms with Crippen molar-refractivity contribution in [2.24, 2.45) is 0 Å². The van der Waals surface area contributed by atoms with Crippen molar-refractivity contribution in [2.75, 3.05) is 32.2 Å². The smallest absolute Gasteiger partial charge is 0.341 e. The minimum atomic E-state index is -0.465. The molecular weight excluding hydrogens is 430 g/mol. The van der Waals surface area contributed by atoms with E-state index in [9.17, 15) is 9.59 Å². The normalized spacial score (nSPS) is 11.1. The molecule has 0 saturated heterocycles. The van der Waals surface area contributed by atoms with Crippen LogP contribution in [0.25, 0.3) is 21.7 Å². The van der Waals surface area contributed by atoms with Crippen LogP contribution in [0.1, 0.15) is 35.3 Å². The minimum Gasteiger partial charge on any atom is -0.496 e. The maximum Gasteiger partial charge on any atom is 0.341 e. The zero-order valence-electron chi connectivity index (χ0n) is 20.0. The number of aryl methyl sites for hydroxylation is 1. The monoisotopic (exact) mass is 459 g/mol. The largest absolute Gasteiger partial charge is 0.496 e. The van der Waals surface area contributed by atoms with E-state index in [0.29, 0.717) is 59.7 Å². The molecule has 0 bridgehead atoms. The molecule has 0 N–H and O–H groups in total. The molecule has 6 heteroatoms. The molecule has 0 fully saturated rings. The fourth-order valence-electron chi connectivity index (χ4n) is 4.52. The maximum atomic E-state index is 13.9. The van der Waals surface area contributed by atoms with Gasteiger partial charge in [-0.25, -0.2) is 4.79 Å². The van der Waals surface area contributed by atoms with Crippen LogP contribution in [0.4, 0.5) is 5.88 Å². The Morgan fingerprint density at radius 1 is 0.941 bits per heavy atom. The first-order valence-electron chi connectivity index (χ1n) is 11.5. The zero-order chi connectivity index (χ0) is 24.2. The van der Waals surface area contributed by atoms with E-state index < -0.39 is 5.97 Å². The van der Waals surface area contributed by atoms with Gasteiger partial charge in [-0.3, -0.25) is 4.79 Å². The van der Waals surface area contributed by atoms with Crippen molar-refractivity contribution in [3.63, 3.8) is 0 Å². The number of anilines is 1. The van der Waals surface area contributed by atoms with Crippen molar-refractivity contribution >= 4 is 33.6 Å². The van der Waals surface area contributed by atoms with Gasteiger partial charge in [-0.1, -0.05) is 42.5 Å². The number of carbonyl (C=O) groups is 1. The molecule has 0 saturated carbocycles. The van der Waals surface area contributed by atoms with E-state index in [4.69, 9.17) is 13.9 Å². The van der Waals surface area contributed by atoms with Crippen LogP contribution in [0, 0.1) is 0 Å². The highest BCUT2D eigenvalue weighted by molar-refractivity contribution is 6.05. The first-order valence-corrected chi connectivity index (χ1v) is 11.5. The molecule has 176 valence electrons. The van der Waals surface area contributed by atoms with Crippen molar-refractivity contribution < 1.29 is 18.7 Å². The van der Waals surface area contributed by atoms with E-state index in [1.54, 1.807) is 6.07 Å². The summed E-state index contributed by atoms with van der Waals surface area (Å²) in [6, 6.07) is 17.1.